The number of carbonyl (C=O) groups is 1. The number of hydrogen-bond donors (Lipinski definition) is 3. The second-order valence-electron chi connectivity index (χ2n) is 11.1. The van der Waals surface area contributed by atoms with Crippen LogP contribution in [0, 0.1) is 40.4 Å². The summed E-state index contributed by atoms with van der Waals surface area (Å²) >= 11 is 0. The van der Waals surface area contributed by atoms with Crippen LogP contribution in [0.5, 0.6) is 0 Å². The number of hydrogen-bond acceptors (Lipinski definition) is 4. The zero-order valence-electron chi connectivity index (χ0n) is 17.7. The minimum atomic E-state index is -0.299. The Hall–Kier alpha value is -0.450. The van der Waals surface area contributed by atoms with Crippen LogP contribution in [0.25, 0.3) is 0 Å². The van der Waals surface area contributed by atoms with Crippen LogP contribution in [0.2, 0.25) is 0 Å². The molecule has 4 aliphatic carbocycles. The molecule has 4 nitrogen and oxygen atoms in total. The van der Waals surface area contributed by atoms with Gasteiger partial charge in [0.05, 0.1) is 18.3 Å². The summed E-state index contributed by atoms with van der Waals surface area (Å²) in [7, 11) is 0. The second-order valence-corrected chi connectivity index (χ2v) is 11.1. The summed E-state index contributed by atoms with van der Waals surface area (Å²) in [5.41, 5.74) is 0.0498. The molecule has 4 fully saturated rings. The van der Waals surface area contributed by atoms with Gasteiger partial charge in [-0.15, -0.1) is 0 Å². The number of unbranched alkanes of at least 4 members (excludes halogenated alkanes) is 2. The summed E-state index contributed by atoms with van der Waals surface area (Å²) in [4.78, 5) is 10.6. The van der Waals surface area contributed by atoms with E-state index in [0.717, 1.165) is 70.5 Å². The van der Waals surface area contributed by atoms with E-state index in [-0.39, 0.29) is 29.1 Å². The second kappa shape index (κ2) is 7.67. The zero-order valence-corrected chi connectivity index (χ0v) is 17.7. The van der Waals surface area contributed by atoms with Crippen LogP contribution in [0.1, 0.15) is 84.5 Å². The van der Waals surface area contributed by atoms with E-state index in [9.17, 15) is 20.1 Å². The Kier molecular flexibility index (Phi) is 5.70. The summed E-state index contributed by atoms with van der Waals surface area (Å²) in [6, 6.07) is 0. The quantitative estimate of drug-likeness (QED) is 0.492. The number of aldehydes is 1. The van der Waals surface area contributed by atoms with Crippen LogP contribution < -0.4 is 0 Å². The van der Waals surface area contributed by atoms with Crippen LogP contribution in [0.3, 0.4) is 0 Å². The van der Waals surface area contributed by atoms with Gasteiger partial charge in [-0.05, 0) is 98.2 Å². The van der Waals surface area contributed by atoms with Gasteiger partial charge in [-0.3, -0.25) is 0 Å². The van der Waals surface area contributed by atoms with Gasteiger partial charge in [0.1, 0.15) is 6.29 Å². The monoisotopic (exact) mass is 392 g/mol. The summed E-state index contributed by atoms with van der Waals surface area (Å²) in [6.07, 6.45) is 10.5. The standard InChI is InChI=1S/C24H40O4/c1-23-10-9-17(26)12-16(23)13-20(27)22-18-8-7-15(6-4-3-5-11-25)24(18,2)21(28)14-19(22)23/h11,15-22,26-28H,3-10,12-14H2,1-2H3/t15-,16?,17?,18?,19?,20?,21?,22?,23-,24+/m0/s1. The molecule has 160 valence electrons. The zero-order chi connectivity index (χ0) is 20.1. The van der Waals surface area contributed by atoms with Crippen molar-refractivity contribution in [3.05, 3.63) is 0 Å². The molecule has 0 spiro atoms. The molecule has 0 heterocycles. The predicted octanol–water partition coefficient (Wildman–Crippen LogP) is 3.71. The van der Waals surface area contributed by atoms with E-state index in [1.54, 1.807) is 0 Å². The van der Waals surface area contributed by atoms with Gasteiger partial charge in [0.2, 0.25) is 0 Å². The Balaban J connectivity index is 1.56. The van der Waals surface area contributed by atoms with Gasteiger partial charge in [-0.25, -0.2) is 0 Å². The summed E-state index contributed by atoms with van der Waals surface area (Å²) < 4.78 is 0. The minimum absolute atomic E-state index is 0.0965. The van der Waals surface area contributed by atoms with E-state index in [0.29, 0.717) is 36.0 Å². The molecule has 4 aliphatic rings. The summed E-state index contributed by atoms with van der Waals surface area (Å²) in [6.45, 7) is 4.68. The van der Waals surface area contributed by atoms with Gasteiger partial charge < -0.3 is 20.1 Å². The molecular weight excluding hydrogens is 352 g/mol. The van der Waals surface area contributed by atoms with Crippen molar-refractivity contribution in [3.8, 4) is 0 Å². The normalized spacial score (nSPS) is 53.2. The maximum atomic E-state index is 11.4. The van der Waals surface area contributed by atoms with Gasteiger partial charge in [0.15, 0.2) is 0 Å². The van der Waals surface area contributed by atoms with Crippen LogP contribution >= 0.6 is 0 Å². The highest BCUT2D eigenvalue weighted by atomic mass is 16.3. The third kappa shape index (κ3) is 3.09. The Morgan fingerprint density at radius 3 is 2.50 bits per heavy atom. The van der Waals surface area contributed by atoms with Crippen LogP contribution in [-0.4, -0.2) is 39.9 Å². The molecule has 4 heteroatoms. The first-order valence-corrected chi connectivity index (χ1v) is 11.8. The fraction of sp³-hybridized carbons (Fsp3) is 0.958. The lowest BCUT2D eigenvalue weighted by molar-refractivity contribution is -0.204. The van der Waals surface area contributed by atoms with E-state index in [1.807, 2.05) is 0 Å². The topological polar surface area (TPSA) is 77.8 Å². The largest absolute Gasteiger partial charge is 0.393 e. The Morgan fingerprint density at radius 1 is 0.964 bits per heavy atom. The van der Waals surface area contributed by atoms with Crippen LogP contribution in [0.15, 0.2) is 0 Å². The molecule has 28 heavy (non-hydrogen) atoms. The van der Waals surface area contributed by atoms with E-state index < -0.39 is 0 Å². The maximum absolute atomic E-state index is 11.4. The number of aliphatic hydroxyl groups is 3. The van der Waals surface area contributed by atoms with E-state index >= 15 is 0 Å². The number of fused-ring (bicyclic) bond motifs is 5. The summed E-state index contributed by atoms with van der Waals surface area (Å²) in [5.74, 6) is 1.95. The van der Waals surface area contributed by atoms with Crippen molar-refractivity contribution < 1.29 is 20.1 Å². The van der Waals surface area contributed by atoms with Gasteiger partial charge in [-0.2, -0.15) is 0 Å². The molecule has 0 saturated heterocycles. The highest BCUT2D eigenvalue weighted by molar-refractivity contribution is 5.48. The molecule has 4 rings (SSSR count). The Labute approximate surface area is 170 Å². The lowest BCUT2D eigenvalue weighted by Gasteiger charge is -2.63. The molecule has 0 aromatic heterocycles. The molecular formula is C24H40O4. The highest BCUT2D eigenvalue weighted by Crippen LogP contribution is 2.67. The highest BCUT2D eigenvalue weighted by Gasteiger charge is 2.65. The average Bonchev–Trinajstić information content (AvgIpc) is 2.99. The van der Waals surface area contributed by atoms with Crippen molar-refractivity contribution in [2.75, 3.05) is 0 Å². The van der Waals surface area contributed by atoms with Crippen molar-refractivity contribution in [3.63, 3.8) is 0 Å². The third-order valence-electron chi connectivity index (χ3n) is 10.1. The first-order valence-electron chi connectivity index (χ1n) is 11.8. The minimum Gasteiger partial charge on any atom is -0.393 e. The van der Waals surface area contributed by atoms with E-state index in [2.05, 4.69) is 13.8 Å². The van der Waals surface area contributed by atoms with Crippen molar-refractivity contribution in [1.82, 2.24) is 0 Å². The molecule has 3 N–H and O–H groups in total. The van der Waals surface area contributed by atoms with Crippen LogP contribution in [0.4, 0.5) is 0 Å². The van der Waals surface area contributed by atoms with Crippen LogP contribution in [-0.2, 0) is 4.79 Å². The van der Waals surface area contributed by atoms with Crippen molar-refractivity contribution in [2.24, 2.45) is 40.4 Å². The predicted molar refractivity (Wildman–Crippen MR) is 109 cm³/mol. The Morgan fingerprint density at radius 2 is 1.75 bits per heavy atom. The number of rotatable bonds is 5. The van der Waals surface area contributed by atoms with E-state index in [4.69, 9.17) is 0 Å². The maximum Gasteiger partial charge on any atom is 0.119 e. The molecule has 0 amide bonds. The summed E-state index contributed by atoms with van der Waals surface area (Å²) in [5, 5.41) is 32.8. The number of aliphatic hydroxyl groups excluding tert-OH is 3. The van der Waals surface area contributed by atoms with Gasteiger partial charge in [-0.1, -0.05) is 20.3 Å². The van der Waals surface area contributed by atoms with Crippen molar-refractivity contribution >= 4 is 6.29 Å². The molecule has 0 aromatic rings. The van der Waals surface area contributed by atoms with Gasteiger partial charge in [0, 0.05) is 6.42 Å². The molecule has 10 atom stereocenters. The molecule has 0 aliphatic heterocycles. The van der Waals surface area contributed by atoms with Crippen molar-refractivity contribution in [2.45, 2.75) is 103 Å². The lowest BCUT2D eigenvalue weighted by atomic mass is 9.43. The fourth-order valence-corrected chi connectivity index (χ4v) is 8.38. The fourth-order valence-electron chi connectivity index (χ4n) is 8.38. The lowest BCUT2D eigenvalue weighted by Crippen LogP contribution is -2.62. The third-order valence-corrected chi connectivity index (χ3v) is 10.1. The molecule has 4 saturated carbocycles. The smallest absolute Gasteiger partial charge is 0.119 e. The molecule has 0 radical (unpaired) electrons. The van der Waals surface area contributed by atoms with E-state index in [1.165, 1.54) is 0 Å². The first kappa shape index (κ1) is 20.8. The van der Waals surface area contributed by atoms with Gasteiger partial charge >= 0.3 is 0 Å². The van der Waals surface area contributed by atoms with Gasteiger partial charge in [0.25, 0.3) is 0 Å². The first-order chi connectivity index (χ1) is 13.3. The van der Waals surface area contributed by atoms with Crippen molar-refractivity contribution in [1.29, 1.82) is 0 Å². The Bertz CT molecular complexity index is 579. The SMILES string of the molecule is C[C@]12CCC(O)CC1CC(O)C1C2CC(O)[C@@]2(C)C1CC[C@@H]2CCCCC=O. The molecule has 0 aromatic carbocycles. The number of carbonyl (C=O) groups excluding carboxylic acids is 1. The average molecular weight is 393 g/mol. The molecule has 0 bridgehead atoms. The molecule has 7 unspecified atom stereocenters.